The zero-order chi connectivity index (χ0) is 17.4. The predicted molar refractivity (Wildman–Crippen MR) is 108 cm³/mol. The third kappa shape index (κ3) is 3.15. The Bertz CT molecular complexity index is 898. The van der Waals surface area contributed by atoms with Crippen molar-refractivity contribution >= 4 is 50.3 Å². The average molecular weight is 432 g/mol. The smallest absolute Gasteiger partial charge is 0.174 e. The van der Waals surface area contributed by atoms with Crippen molar-refractivity contribution in [3.8, 4) is 5.75 Å². The normalized spacial score (nSPS) is 19.9. The molecule has 0 aliphatic carbocycles. The van der Waals surface area contributed by atoms with E-state index in [1.807, 2.05) is 36.4 Å². The van der Waals surface area contributed by atoms with E-state index in [1.165, 1.54) is 4.88 Å². The van der Waals surface area contributed by atoms with Crippen LogP contribution in [0.3, 0.4) is 0 Å². The van der Waals surface area contributed by atoms with Gasteiger partial charge < -0.3 is 15.3 Å². The summed E-state index contributed by atoms with van der Waals surface area (Å²) in [5, 5.41) is 13.7. The number of pyridine rings is 1. The summed E-state index contributed by atoms with van der Waals surface area (Å²) in [6.07, 6.45) is 1.80. The van der Waals surface area contributed by atoms with E-state index >= 15 is 0 Å². The fourth-order valence-corrected chi connectivity index (χ4v) is 4.92. The van der Waals surface area contributed by atoms with Crippen LogP contribution in [0.2, 0.25) is 0 Å². The second-order valence-corrected chi connectivity index (χ2v) is 8.54. The predicted octanol–water partition coefficient (Wildman–Crippen LogP) is 4.79. The second kappa shape index (κ2) is 6.74. The van der Waals surface area contributed by atoms with Crippen molar-refractivity contribution in [2.24, 2.45) is 0 Å². The number of halogens is 1. The maximum absolute atomic E-state index is 9.60. The van der Waals surface area contributed by atoms with Crippen molar-refractivity contribution in [3.05, 3.63) is 75.2 Å². The molecule has 3 aromatic rings. The van der Waals surface area contributed by atoms with E-state index in [4.69, 9.17) is 12.2 Å². The quantitative estimate of drug-likeness (QED) is 0.583. The fourth-order valence-electron chi connectivity index (χ4n) is 3.02. The number of thiocarbonyl (C=S) groups is 1. The first kappa shape index (κ1) is 16.5. The summed E-state index contributed by atoms with van der Waals surface area (Å²) in [5.41, 5.74) is 1.88. The number of thiophene rings is 1. The van der Waals surface area contributed by atoms with E-state index in [1.54, 1.807) is 29.7 Å². The van der Waals surface area contributed by atoms with Crippen molar-refractivity contribution in [2.75, 3.05) is 4.90 Å². The maximum atomic E-state index is 9.60. The van der Waals surface area contributed by atoms with Gasteiger partial charge >= 0.3 is 0 Å². The summed E-state index contributed by atoms with van der Waals surface area (Å²) in [6.45, 7) is 0. The molecule has 7 heteroatoms. The summed E-state index contributed by atoms with van der Waals surface area (Å²) in [6, 6.07) is 17.1. The largest absolute Gasteiger partial charge is 0.508 e. The van der Waals surface area contributed by atoms with E-state index in [0.717, 1.165) is 15.2 Å². The molecule has 1 aliphatic heterocycles. The molecule has 1 aliphatic rings. The molecule has 126 valence electrons. The second-order valence-electron chi connectivity index (χ2n) is 5.65. The van der Waals surface area contributed by atoms with Gasteiger partial charge in [0.1, 0.15) is 5.75 Å². The number of hydrogen-bond donors (Lipinski definition) is 2. The van der Waals surface area contributed by atoms with E-state index < -0.39 is 0 Å². The number of anilines is 1. The molecule has 2 atom stereocenters. The number of phenolic OH excluding ortho intramolecular Hbond substituents is 1. The topological polar surface area (TPSA) is 48.4 Å². The zero-order valence-electron chi connectivity index (χ0n) is 13.0. The molecule has 2 N–H and O–H groups in total. The molecule has 0 saturated carbocycles. The Hall–Kier alpha value is -1.96. The Morgan fingerprint density at radius 3 is 2.56 bits per heavy atom. The molecule has 0 unspecified atom stereocenters. The summed E-state index contributed by atoms with van der Waals surface area (Å²) in [4.78, 5) is 7.80. The Morgan fingerprint density at radius 1 is 1.12 bits per heavy atom. The molecule has 0 amide bonds. The van der Waals surface area contributed by atoms with Crippen LogP contribution in [0.5, 0.6) is 5.75 Å². The van der Waals surface area contributed by atoms with Gasteiger partial charge in [0, 0.05) is 16.8 Å². The van der Waals surface area contributed by atoms with Crippen LogP contribution in [0.1, 0.15) is 22.7 Å². The molecular weight excluding hydrogens is 418 g/mol. The minimum Gasteiger partial charge on any atom is -0.508 e. The molecule has 0 bridgehead atoms. The summed E-state index contributed by atoms with van der Waals surface area (Å²) >= 11 is 10.9. The van der Waals surface area contributed by atoms with E-state index in [0.29, 0.717) is 5.11 Å². The van der Waals surface area contributed by atoms with Gasteiger partial charge in [-0.15, -0.1) is 11.3 Å². The van der Waals surface area contributed by atoms with E-state index in [9.17, 15) is 5.11 Å². The average Bonchev–Trinajstić information content (AvgIpc) is 3.20. The molecule has 1 fully saturated rings. The Labute approximate surface area is 163 Å². The summed E-state index contributed by atoms with van der Waals surface area (Å²) in [5.74, 6) is 0.235. The summed E-state index contributed by atoms with van der Waals surface area (Å²) < 4.78 is 1.07. The molecular formula is C18H14BrN3OS2. The van der Waals surface area contributed by atoms with Crippen LogP contribution in [0.15, 0.2) is 64.6 Å². The lowest BCUT2D eigenvalue weighted by Crippen LogP contribution is -2.28. The van der Waals surface area contributed by atoms with Gasteiger partial charge in [0.2, 0.25) is 0 Å². The molecule has 25 heavy (non-hydrogen) atoms. The van der Waals surface area contributed by atoms with Gasteiger partial charge in [0.15, 0.2) is 5.11 Å². The monoisotopic (exact) mass is 431 g/mol. The number of rotatable bonds is 3. The first-order chi connectivity index (χ1) is 12.1. The van der Waals surface area contributed by atoms with Crippen LogP contribution in [0.25, 0.3) is 0 Å². The lowest BCUT2D eigenvalue weighted by Gasteiger charge is -2.26. The highest BCUT2D eigenvalue weighted by molar-refractivity contribution is 9.11. The third-order valence-corrected chi connectivity index (χ3v) is 6.12. The van der Waals surface area contributed by atoms with Gasteiger partial charge in [0.25, 0.3) is 0 Å². The SMILES string of the molecule is Oc1ccc(N2C(=S)N[C@@H](c3ccccn3)[C@H]2c2ccc(Br)s2)cc1. The fraction of sp³-hybridized carbons (Fsp3) is 0.111. The number of nitrogens with zero attached hydrogens (tertiary/aromatic N) is 2. The molecule has 4 nitrogen and oxygen atoms in total. The Kier molecular flexibility index (Phi) is 4.45. The number of aromatic nitrogens is 1. The maximum Gasteiger partial charge on any atom is 0.174 e. The molecule has 0 spiro atoms. The van der Waals surface area contributed by atoms with Crippen LogP contribution >= 0.6 is 39.5 Å². The van der Waals surface area contributed by atoms with Crippen molar-refractivity contribution in [1.82, 2.24) is 10.3 Å². The first-order valence-corrected chi connectivity index (χ1v) is 9.70. The lowest BCUT2D eigenvalue weighted by atomic mass is 10.0. The van der Waals surface area contributed by atoms with Crippen LogP contribution in [0.4, 0.5) is 5.69 Å². The lowest BCUT2D eigenvalue weighted by molar-refractivity contribution is 0.475. The molecule has 0 radical (unpaired) electrons. The molecule has 3 heterocycles. The van der Waals surface area contributed by atoms with Crippen molar-refractivity contribution in [2.45, 2.75) is 12.1 Å². The number of hydrogen-bond acceptors (Lipinski definition) is 4. The van der Waals surface area contributed by atoms with Crippen LogP contribution in [0, 0.1) is 0 Å². The van der Waals surface area contributed by atoms with E-state index in [2.05, 4.69) is 37.2 Å². The molecule has 1 saturated heterocycles. The highest BCUT2D eigenvalue weighted by atomic mass is 79.9. The van der Waals surface area contributed by atoms with Crippen LogP contribution in [-0.2, 0) is 0 Å². The number of nitrogens with one attached hydrogen (secondary N) is 1. The van der Waals surface area contributed by atoms with Crippen LogP contribution < -0.4 is 10.2 Å². The molecule has 1 aromatic carbocycles. The third-order valence-electron chi connectivity index (χ3n) is 4.11. The number of benzene rings is 1. The highest BCUT2D eigenvalue weighted by Gasteiger charge is 2.41. The van der Waals surface area contributed by atoms with Gasteiger partial charge in [0.05, 0.1) is 21.6 Å². The van der Waals surface area contributed by atoms with Gasteiger partial charge in [-0.05, 0) is 76.7 Å². The van der Waals surface area contributed by atoms with Crippen molar-refractivity contribution < 1.29 is 5.11 Å². The number of phenols is 1. The standard InChI is InChI=1S/C18H14BrN3OS2/c19-15-9-8-14(25-15)17-16(13-3-1-2-10-20-13)21-18(24)22(17)11-4-6-12(23)7-5-11/h1-10,16-17,23H,(H,21,24)/t16-,17+/m0/s1. The van der Waals surface area contributed by atoms with Crippen molar-refractivity contribution in [1.29, 1.82) is 0 Å². The Balaban J connectivity index is 1.81. The number of aromatic hydroxyl groups is 1. The first-order valence-electron chi connectivity index (χ1n) is 7.68. The van der Waals surface area contributed by atoms with Gasteiger partial charge in [-0.25, -0.2) is 0 Å². The molecule has 2 aromatic heterocycles. The van der Waals surface area contributed by atoms with Gasteiger partial charge in [-0.2, -0.15) is 0 Å². The van der Waals surface area contributed by atoms with Gasteiger partial charge in [-0.3, -0.25) is 4.98 Å². The highest BCUT2D eigenvalue weighted by Crippen LogP contribution is 2.44. The minimum atomic E-state index is -0.0481. The molecule has 4 rings (SSSR count). The Morgan fingerprint density at radius 2 is 1.92 bits per heavy atom. The van der Waals surface area contributed by atoms with E-state index in [-0.39, 0.29) is 17.8 Å². The van der Waals surface area contributed by atoms with Crippen molar-refractivity contribution in [3.63, 3.8) is 0 Å². The zero-order valence-corrected chi connectivity index (χ0v) is 16.2. The van der Waals surface area contributed by atoms with Crippen LogP contribution in [-0.4, -0.2) is 15.2 Å². The van der Waals surface area contributed by atoms with Gasteiger partial charge in [-0.1, -0.05) is 6.07 Å². The minimum absolute atomic E-state index is 0.0109. The summed E-state index contributed by atoms with van der Waals surface area (Å²) in [7, 11) is 0.